The minimum absolute atomic E-state index is 0.0220. The van der Waals surface area contributed by atoms with Crippen molar-refractivity contribution in [3.63, 3.8) is 0 Å². The van der Waals surface area contributed by atoms with E-state index < -0.39 is 115 Å². The minimum Gasteiger partial charge on any atom is -0.506 e. The summed E-state index contributed by atoms with van der Waals surface area (Å²) in [6.45, 7) is 8.33. The van der Waals surface area contributed by atoms with Gasteiger partial charge in [0.25, 0.3) is 5.56 Å². The van der Waals surface area contributed by atoms with Crippen molar-refractivity contribution in [2.75, 3.05) is 43.7 Å². The third-order valence-corrected chi connectivity index (χ3v) is 19.2. The van der Waals surface area contributed by atoms with Crippen molar-refractivity contribution in [2.45, 2.75) is 106 Å². The van der Waals surface area contributed by atoms with E-state index in [1.807, 2.05) is 91.0 Å². The molecule has 4 aromatic carbocycles. The number of anilines is 2. The second kappa shape index (κ2) is 43.2. The van der Waals surface area contributed by atoms with E-state index in [9.17, 15) is 86.6 Å². The van der Waals surface area contributed by atoms with Crippen LogP contribution >= 0.6 is 0 Å². The third kappa shape index (κ3) is 24.3. The Morgan fingerprint density at radius 3 is 1.14 bits per heavy atom. The summed E-state index contributed by atoms with van der Waals surface area (Å²) in [6, 6.07) is 43.4. The molecule has 10 aromatic heterocycles. The van der Waals surface area contributed by atoms with Crippen LogP contribution in [-0.2, 0) is 63.8 Å². The van der Waals surface area contributed by atoms with Crippen molar-refractivity contribution in [2.24, 2.45) is 0 Å². The molecule has 0 unspecified atom stereocenters. The van der Waals surface area contributed by atoms with Crippen LogP contribution in [0.2, 0.25) is 0 Å². The number of nitrogens with one attached hydrogen (secondary N) is 2. The van der Waals surface area contributed by atoms with E-state index in [-0.39, 0.29) is 105 Å². The minimum atomic E-state index is -6.27. The zero-order valence-corrected chi connectivity index (χ0v) is 71.3. The molecule has 0 aliphatic rings. The van der Waals surface area contributed by atoms with Crippen LogP contribution in [0.15, 0.2) is 209 Å². The van der Waals surface area contributed by atoms with Gasteiger partial charge in [0, 0.05) is 43.7 Å². The summed E-state index contributed by atoms with van der Waals surface area (Å²) in [5.41, 5.74) is -4.70. The first-order chi connectivity index (χ1) is 63.0. The molecule has 0 radical (unpaired) electrons. The van der Waals surface area contributed by atoms with E-state index in [4.69, 9.17) is 33.6 Å². The van der Waals surface area contributed by atoms with E-state index in [1.54, 1.807) is 71.0 Å². The summed E-state index contributed by atoms with van der Waals surface area (Å²) in [5, 5.41) is 17.3. The SMILES string of the molecule is CCOC(=O)c1c(NCc2ccc(OCC(F)(F)F)nc2)c2c(C)ncnc2n(OCc2ccccc2)c1=O.CCOC(=O)c1c(O)c2c(C)ncnc2n(OCc2ccccc2)c1=O.CCOC(=O)c1c(OS(=O)(=O)C(F)(F)F)c2c(C)ncnc2n(OCc2ccccc2)c1=O.Cc1ncnc2c1c(NCc1ccc(OCC(F)(F)F)nc1)cc(=O)n2OCc1ccccc1. The Kier molecular flexibility index (Phi) is 31.7. The van der Waals surface area contributed by atoms with Gasteiger partial charge in [-0.15, -0.1) is 18.9 Å². The van der Waals surface area contributed by atoms with Crippen molar-refractivity contribution in [1.29, 1.82) is 0 Å². The molecule has 0 fully saturated rings. The normalized spacial score (nSPS) is 11.4. The highest BCUT2D eigenvalue weighted by molar-refractivity contribution is 7.88. The Labute approximate surface area is 740 Å². The number of pyridine rings is 6. The van der Waals surface area contributed by atoms with Gasteiger partial charge in [0.2, 0.25) is 11.8 Å². The monoisotopic (exact) mass is 1860 g/mol. The highest BCUT2D eigenvalue weighted by Gasteiger charge is 2.50. The predicted molar refractivity (Wildman–Crippen MR) is 452 cm³/mol. The van der Waals surface area contributed by atoms with Crippen LogP contribution in [0.5, 0.6) is 23.3 Å². The fourth-order valence-electron chi connectivity index (χ4n) is 12.2. The van der Waals surface area contributed by atoms with Gasteiger partial charge in [0.15, 0.2) is 58.2 Å². The standard InChI is InChI=1S/C26H24F3N5O5.C23H20F3N5O3.C19H16F3N3O7S.C18H17N3O5/c1-3-37-25(36)21-22(31-12-18-9-10-19(30-11-18)38-14-26(27,28)29)20-16(2)32-15-33-23(20)34(24(21)35)39-13-17-7-5-4-6-8-17;1-15-21-18(27-10-17-7-8-19(28-11-17)33-13-23(24,25)26)9-20(32)31(22(21)30-14-29-15)34-12-16-5-3-2-4-6-16;1-3-30-18(27)14-15(32-33(28,29)19(20,21)22)13-11(2)23-10-24-16(13)25(17(14)26)31-9-12-7-5-4-6-8-12;1-3-25-18(24)14-15(22)13-11(2)19-10-20-16(13)21(17(14)23)26-9-12-7-5-4-6-8-12/h4-11,15,31H,3,12-14H2,1-2H3;2-9,11,14,27H,10,12-13H2,1H3;4-8,10H,3,9H2,1-2H3;4-8,10,22H,3,9H2,1-2H3. The molecule has 0 saturated carbocycles. The van der Waals surface area contributed by atoms with Crippen molar-refractivity contribution >= 4 is 83.5 Å². The average molecular weight is 1860 g/mol. The Balaban J connectivity index is 0.000000171. The Hall–Kier alpha value is -15.9. The maximum atomic E-state index is 13.6. The molecule has 0 aliphatic carbocycles. The molecule has 0 bridgehead atoms. The zero-order valence-electron chi connectivity index (χ0n) is 70.5. The van der Waals surface area contributed by atoms with Crippen molar-refractivity contribution < 1.29 is 115 Å². The summed E-state index contributed by atoms with van der Waals surface area (Å²) in [5.74, 6) is -5.27. The number of fused-ring (bicyclic) bond motifs is 4. The fraction of sp³-hybridized carbons (Fsp3) is 0.244. The topological polar surface area (TPSA) is 439 Å². The van der Waals surface area contributed by atoms with Gasteiger partial charge in [0.05, 0.1) is 75.5 Å². The molecule has 46 heteroatoms. The Bertz CT molecular complexity index is 6840. The van der Waals surface area contributed by atoms with E-state index >= 15 is 0 Å². The number of esters is 3. The number of aryl methyl sites for hydroxylation is 4. The largest absolute Gasteiger partial charge is 0.534 e. The number of ether oxygens (including phenoxy) is 5. The lowest BCUT2D eigenvalue weighted by molar-refractivity contribution is -0.154. The number of hydrogen-bond acceptors (Lipinski definition) is 32. The van der Waals surface area contributed by atoms with Crippen molar-refractivity contribution in [3.8, 4) is 23.3 Å². The molecule has 14 aromatic rings. The lowest BCUT2D eigenvalue weighted by Crippen LogP contribution is -2.35. The molecule has 0 spiro atoms. The van der Waals surface area contributed by atoms with Gasteiger partial charge in [-0.25, -0.2) is 64.2 Å². The molecule has 690 valence electrons. The second-order valence-corrected chi connectivity index (χ2v) is 29.0. The van der Waals surface area contributed by atoms with Gasteiger partial charge in [-0.1, -0.05) is 133 Å². The molecule has 10 heterocycles. The number of benzene rings is 4. The number of aromatic hydroxyl groups is 1. The van der Waals surface area contributed by atoms with Gasteiger partial charge in [-0.05, 0) is 81.8 Å². The summed E-state index contributed by atoms with van der Waals surface area (Å²) in [4.78, 5) is 153. The molecule has 14 rings (SSSR count). The van der Waals surface area contributed by atoms with Crippen molar-refractivity contribution in [3.05, 3.63) is 304 Å². The number of hydrogen-bond donors (Lipinski definition) is 3. The molecule has 0 aliphatic heterocycles. The van der Waals surface area contributed by atoms with Gasteiger partial charge in [-0.3, -0.25) is 19.2 Å². The molecular formula is C86H77F9N16O20S. The summed E-state index contributed by atoms with van der Waals surface area (Å²) >= 11 is 0. The predicted octanol–water partition coefficient (Wildman–Crippen LogP) is 11.3. The maximum absolute atomic E-state index is 13.6. The van der Waals surface area contributed by atoms with Gasteiger partial charge in [-0.2, -0.15) is 47.9 Å². The zero-order chi connectivity index (χ0) is 95.2. The molecule has 0 saturated heterocycles. The number of carbonyl (C=O) groups excluding carboxylic acids is 3. The van der Waals surface area contributed by atoms with E-state index in [0.717, 1.165) is 37.2 Å². The van der Waals surface area contributed by atoms with Crippen LogP contribution in [0.3, 0.4) is 0 Å². The number of carbonyl (C=O) groups is 3. The molecule has 3 N–H and O–H groups in total. The number of halogens is 9. The first-order valence-electron chi connectivity index (χ1n) is 39.2. The fourth-order valence-corrected chi connectivity index (χ4v) is 12.7. The number of rotatable bonds is 30. The molecule has 0 amide bonds. The number of nitrogens with zero attached hydrogens (tertiary/aromatic N) is 14. The van der Waals surface area contributed by atoms with Crippen LogP contribution in [0.4, 0.5) is 50.9 Å². The maximum Gasteiger partial charge on any atom is 0.534 e. The van der Waals surface area contributed by atoms with Crippen molar-refractivity contribution in [1.82, 2.24) is 68.8 Å². The first-order valence-corrected chi connectivity index (χ1v) is 40.7. The second-order valence-electron chi connectivity index (χ2n) is 27.5. The average Bonchev–Trinajstić information content (AvgIpc) is 0.747. The highest BCUT2D eigenvalue weighted by Crippen LogP contribution is 2.36. The number of alkyl halides is 9. The summed E-state index contributed by atoms with van der Waals surface area (Å²) in [7, 11) is -6.27. The highest BCUT2D eigenvalue weighted by atomic mass is 32.2. The Morgan fingerprint density at radius 1 is 0.402 bits per heavy atom. The van der Waals surface area contributed by atoms with Gasteiger partial charge >= 0.3 is 62.6 Å². The van der Waals surface area contributed by atoms with E-state index in [1.165, 1.54) is 69.5 Å². The van der Waals surface area contributed by atoms with Crippen LogP contribution in [0.25, 0.3) is 44.1 Å². The summed E-state index contributed by atoms with van der Waals surface area (Å²) in [6.07, 6.45) is -1.35. The summed E-state index contributed by atoms with van der Waals surface area (Å²) < 4.78 is 168. The van der Waals surface area contributed by atoms with Crippen LogP contribution < -0.4 is 65.9 Å². The quantitative estimate of drug-likeness (QED) is 0.0124. The number of aromatic nitrogens is 14. The lowest BCUT2D eigenvalue weighted by atomic mass is 10.1. The van der Waals surface area contributed by atoms with Gasteiger partial charge in [0.1, 0.15) is 57.5 Å². The first kappa shape index (κ1) is 96.7. The lowest BCUT2D eigenvalue weighted by Gasteiger charge is -2.18. The smallest absolute Gasteiger partial charge is 0.506 e. The van der Waals surface area contributed by atoms with E-state index in [0.29, 0.717) is 60.6 Å². The van der Waals surface area contributed by atoms with Crippen LogP contribution in [0.1, 0.15) is 108 Å². The van der Waals surface area contributed by atoms with Gasteiger partial charge < -0.3 is 63.0 Å². The molecule has 132 heavy (non-hydrogen) atoms. The third-order valence-electron chi connectivity index (χ3n) is 18.2. The van der Waals surface area contributed by atoms with E-state index in [2.05, 4.69) is 74.1 Å². The van der Waals surface area contributed by atoms with Crippen LogP contribution in [0, 0.1) is 27.7 Å². The van der Waals surface area contributed by atoms with Crippen LogP contribution in [-0.4, -0.2) is 151 Å². The molecule has 36 nitrogen and oxygen atoms in total. The Morgan fingerprint density at radius 2 is 0.742 bits per heavy atom. The molecule has 0 atom stereocenters. The molecular weight excluding hydrogens is 1780 g/mol.